The van der Waals surface area contributed by atoms with Crippen LogP contribution in [0.3, 0.4) is 0 Å². The van der Waals surface area contributed by atoms with Gasteiger partial charge >= 0.3 is 5.97 Å². The number of carboxylic acids is 1. The quantitative estimate of drug-likeness (QED) is 0.874. The Hall–Kier alpha value is -2.44. The van der Waals surface area contributed by atoms with Gasteiger partial charge in [0, 0.05) is 17.9 Å². The number of nitrogens with zero attached hydrogens (tertiary/aromatic N) is 4. The molecular weight excluding hydrogens is 246 g/mol. The van der Waals surface area contributed by atoms with E-state index in [1.165, 1.54) is 6.07 Å². The molecule has 0 aromatic carbocycles. The first kappa shape index (κ1) is 13.0. The maximum atomic E-state index is 10.9. The first-order valence-electron chi connectivity index (χ1n) is 5.86. The smallest absolute Gasteiger partial charge is 0.354 e. The summed E-state index contributed by atoms with van der Waals surface area (Å²) in [4.78, 5) is 19.0. The van der Waals surface area contributed by atoms with Crippen LogP contribution < -0.4 is 5.32 Å². The van der Waals surface area contributed by atoms with Gasteiger partial charge in [0.1, 0.15) is 0 Å². The van der Waals surface area contributed by atoms with Crippen LogP contribution in [0.2, 0.25) is 0 Å². The number of aryl methyl sites for hydroxylation is 1. The second-order valence-electron chi connectivity index (χ2n) is 4.45. The van der Waals surface area contributed by atoms with Crippen molar-refractivity contribution in [1.82, 2.24) is 19.7 Å². The SMILES string of the molecule is Cc1cc(C(=O)O)nc(Nc2cnn(C(C)C)c2)n1. The normalized spacial score (nSPS) is 10.7. The van der Waals surface area contributed by atoms with Crippen LogP contribution in [0.5, 0.6) is 0 Å². The number of carboxylic acid groups (broad SMARTS) is 1. The predicted octanol–water partition coefficient (Wildman–Crippen LogP) is 2.00. The average Bonchev–Trinajstić information content (AvgIpc) is 2.76. The summed E-state index contributed by atoms with van der Waals surface area (Å²) in [6.45, 7) is 5.75. The van der Waals surface area contributed by atoms with Crippen molar-refractivity contribution in [3.8, 4) is 0 Å². The summed E-state index contributed by atoms with van der Waals surface area (Å²) < 4.78 is 1.79. The minimum absolute atomic E-state index is 0.0359. The Morgan fingerprint density at radius 2 is 2.16 bits per heavy atom. The summed E-state index contributed by atoms with van der Waals surface area (Å²) in [7, 11) is 0. The Morgan fingerprint density at radius 3 is 2.74 bits per heavy atom. The molecule has 2 rings (SSSR count). The molecule has 7 heteroatoms. The molecular formula is C12H15N5O2. The summed E-state index contributed by atoms with van der Waals surface area (Å²) in [5.41, 5.74) is 1.27. The summed E-state index contributed by atoms with van der Waals surface area (Å²) in [5, 5.41) is 16.1. The molecule has 2 aromatic rings. The van der Waals surface area contributed by atoms with E-state index in [4.69, 9.17) is 5.11 Å². The van der Waals surface area contributed by atoms with E-state index in [-0.39, 0.29) is 17.7 Å². The number of nitrogens with one attached hydrogen (secondary N) is 1. The minimum Gasteiger partial charge on any atom is -0.477 e. The van der Waals surface area contributed by atoms with Crippen LogP contribution in [0.15, 0.2) is 18.5 Å². The zero-order valence-corrected chi connectivity index (χ0v) is 11.0. The first-order chi connectivity index (χ1) is 8.95. The Kier molecular flexibility index (Phi) is 3.46. The van der Waals surface area contributed by atoms with Crippen molar-refractivity contribution in [3.63, 3.8) is 0 Å². The predicted molar refractivity (Wildman–Crippen MR) is 69.6 cm³/mol. The topological polar surface area (TPSA) is 92.9 Å². The number of hydrogen-bond acceptors (Lipinski definition) is 5. The molecule has 0 bridgehead atoms. The van der Waals surface area contributed by atoms with Crippen molar-refractivity contribution < 1.29 is 9.90 Å². The van der Waals surface area contributed by atoms with Gasteiger partial charge in [0.25, 0.3) is 0 Å². The molecule has 0 fully saturated rings. The number of aromatic carboxylic acids is 1. The van der Waals surface area contributed by atoms with Gasteiger partial charge in [-0.25, -0.2) is 14.8 Å². The van der Waals surface area contributed by atoms with Crippen molar-refractivity contribution in [2.45, 2.75) is 26.8 Å². The summed E-state index contributed by atoms with van der Waals surface area (Å²) in [5.74, 6) is -0.827. The van der Waals surface area contributed by atoms with Gasteiger partial charge in [-0.15, -0.1) is 0 Å². The lowest BCUT2D eigenvalue weighted by atomic mass is 10.3. The second kappa shape index (κ2) is 5.05. The van der Waals surface area contributed by atoms with Gasteiger partial charge < -0.3 is 10.4 Å². The van der Waals surface area contributed by atoms with E-state index >= 15 is 0 Å². The molecule has 0 aliphatic heterocycles. The lowest BCUT2D eigenvalue weighted by molar-refractivity contribution is 0.0690. The Labute approximate surface area is 110 Å². The Bertz CT molecular complexity index is 606. The van der Waals surface area contributed by atoms with E-state index < -0.39 is 5.97 Å². The zero-order valence-electron chi connectivity index (χ0n) is 11.0. The molecule has 2 aromatic heterocycles. The number of hydrogen-bond donors (Lipinski definition) is 2. The second-order valence-corrected chi connectivity index (χ2v) is 4.45. The van der Waals surface area contributed by atoms with Crippen LogP contribution in [0.25, 0.3) is 0 Å². The van der Waals surface area contributed by atoms with Gasteiger partial charge in [0.05, 0.1) is 11.9 Å². The molecule has 0 saturated heterocycles. The fourth-order valence-corrected chi connectivity index (χ4v) is 1.55. The molecule has 0 amide bonds. The van der Waals surface area contributed by atoms with Crippen LogP contribution in [-0.4, -0.2) is 30.8 Å². The highest BCUT2D eigenvalue weighted by molar-refractivity contribution is 5.85. The van der Waals surface area contributed by atoms with Crippen molar-refractivity contribution in [1.29, 1.82) is 0 Å². The van der Waals surface area contributed by atoms with Crippen molar-refractivity contribution in [3.05, 3.63) is 29.8 Å². The van der Waals surface area contributed by atoms with E-state index in [1.807, 2.05) is 20.0 Å². The molecule has 100 valence electrons. The highest BCUT2D eigenvalue weighted by Gasteiger charge is 2.09. The fraction of sp³-hybridized carbons (Fsp3) is 0.333. The third-order valence-electron chi connectivity index (χ3n) is 2.46. The van der Waals surface area contributed by atoms with Gasteiger partial charge in [-0.05, 0) is 26.8 Å². The number of rotatable bonds is 4. The maximum Gasteiger partial charge on any atom is 0.354 e. The number of carbonyl (C=O) groups is 1. The molecule has 0 saturated carbocycles. The van der Waals surface area contributed by atoms with Crippen LogP contribution in [0.4, 0.5) is 11.6 Å². The molecule has 2 N–H and O–H groups in total. The van der Waals surface area contributed by atoms with Gasteiger partial charge in [-0.2, -0.15) is 5.10 Å². The average molecular weight is 261 g/mol. The molecule has 0 unspecified atom stereocenters. The van der Waals surface area contributed by atoms with Crippen molar-refractivity contribution in [2.24, 2.45) is 0 Å². The highest BCUT2D eigenvalue weighted by Crippen LogP contribution is 2.15. The van der Waals surface area contributed by atoms with Crippen molar-refractivity contribution in [2.75, 3.05) is 5.32 Å². The summed E-state index contributed by atoms with van der Waals surface area (Å²) >= 11 is 0. The first-order valence-corrected chi connectivity index (χ1v) is 5.86. The fourth-order valence-electron chi connectivity index (χ4n) is 1.55. The number of aromatic nitrogens is 4. The van der Waals surface area contributed by atoms with Crippen LogP contribution in [0.1, 0.15) is 36.1 Å². The molecule has 0 aliphatic rings. The van der Waals surface area contributed by atoms with E-state index in [2.05, 4.69) is 20.4 Å². The van der Waals surface area contributed by atoms with Crippen molar-refractivity contribution >= 4 is 17.6 Å². The van der Waals surface area contributed by atoms with Gasteiger partial charge in [0.2, 0.25) is 5.95 Å². The van der Waals surface area contributed by atoms with Crippen LogP contribution in [0, 0.1) is 6.92 Å². The molecule has 0 atom stereocenters. The molecule has 19 heavy (non-hydrogen) atoms. The maximum absolute atomic E-state index is 10.9. The summed E-state index contributed by atoms with van der Waals surface area (Å²) in [6, 6.07) is 1.67. The van der Waals surface area contributed by atoms with Gasteiger partial charge in [0.15, 0.2) is 5.69 Å². The largest absolute Gasteiger partial charge is 0.477 e. The molecule has 0 spiro atoms. The monoisotopic (exact) mass is 261 g/mol. The van der Waals surface area contributed by atoms with E-state index in [1.54, 1.807) is 17.8 Å². The molecule has 7 nitrogen and oxygen atoms in total. The van der Waals surface area contributed by atoms with Crippen LogP contribution in [-0.2, 0) is 0 Å². The van der Waals surface area contributed by atoms with E-state index in [0.29, 0.717) is 5.69 Å². The van der Waals surface area contributed by atoms with Crippen LogP contribution >= 0.6 is 0 Å². The molecule has 0 aliphatic carbocycles. The lowest BCUT2D eigenvalue weighted by Crippen LogP contribution is -2.06. The zero-order chi connectivity index (χ0) is 14.0. The van der Waals surface area contributed by atoms with E-state index in [9.17, 15) is 4.79 Å². The minimum atomic E-state index is -1.08. The Morgan fingerprint density at radius 1 is 1.42 bits per heavy atom. The van der Waals surface area contributed by atoms with Gasteiger partial charge in [-0.3, -0.25) is 4.68 Å². The standard InChI is InChI=1S/C12H15N5O2/c1-7(2)17-6-9(5-13-17)15-12-14-8(3)4-10(16-12)11(18)19/h4-7H,1-3H3,(H,18,19)(H,14,15,16). The van der Waals surface area contributed by atoms with E-state index in [0.717, 1.165) is 5.69 Å². The third kappa shape index (κ3) is 3.06. The van der Waals surface area contributed by atoms with Gasteiger partial charge in [-0.1, -0.05) is 0 Å². The third-order valence-corrected chi connectivity index (χ3v) is 2.46. The highest BCUT2D eigenvalue weighted by atomic mass is 16.4. The molecule has 2 heterocycles. The lowest BCUT2D eigenvalue weighted by Gasteiger charge is -2.05. The number of anilines is 2. The Balaban J connectivity index is 2.24. The molecule has 0 radical (unpaired) electrons. The summed E-state index contributed by atoms with van der Waals surface area (Å²) in [6.07, 6.45) is 3.46.